The Bertz CT molecular complexity index is 4990. The van der Waals surface area contributed by atoms with Crippen LogP contribution in [0.3, 0.4) is 0 Å². The Morgan fingerprint density at radius 1 is 0.444 bits per heavy atom. The summed E-state index contributed by atoms with van der Waals surface area (Å²) in [5.74, 6) is -2.88. The van der Waals surface area contributed by atoms with Gasteiger partial charge in [-0.3, -0.25) is 4.57 Å². The highest BCUT2D eigenvalue weighted by atomic mass is 15.2. The Kier molecular flexibility index (Phi) is 4.35. The minimum absolute atomic E-state index is 0.0768. The van der Waals surface area contributed by atoms with Crippen LogP contribution in [0.4, 0.5) is 0 Å². The van der Waals surface area contributed by atoms with E-state index in [9.17, 15) is 13.7 Å². The zero-order chi connectivity index (χ0) is 62.3. The maximum Gasteiger partial charge on any atom is 0.238 e. The molecule has 0 amide bonds. The number of benzene rings is 8. The highest BCUT2D eigenvalue weighted by molar-refractivity contribution is 6.23. The highest BCUT2D eigenvalue weighted by Crippen LogP contribution is 2.53. The van der Waals surface area contributed by atoms with Gasteiger partial charge in [0.15, 0.2) is 11.6 Å². The molecule has 5 nitrogen and oxygen atoms in total. The van der Waals surface area contributed by atoms with Crippen LogP contribution in [-0.4, -0.2) is 24.1 Å². The normalized spacial score (nSPS) is 21.9. The Labute approximate surface area is 398 Å². The summed E-state index contributed by atoms with van der Waals surface area (Å²) >= 11 is 0. The molecule has 2 aliphatic rings. The quantitative estimate of drug-likeness (QED) is 0.168. The van der Waals surface area contributed by atoms with Crippen LogP contribution in [0.15, 0.2) is 218 Å². The summed E-state index contributed by atoms with van der Waals surface area (Å²) in [5, 5.41) is -1.29. The minimum atomic E-state index is -0.986. The van der Waals surface area contributed by atoms with Gasteiger partial charge in [-0.15, -0.1) is 0 Å². The number of rotatable bonds is 6. The van der Waals surface area contributed by atoms with Gasteiger partial charge in [-0.05, 0) is 58.0 Å². The van der Waals surface area contributed by atoms with Crippen LogP contribution in [0, 0.1) is 5.92 Å². The number of nitrogens with zero attached hydrogens (tertiary/aromatic N) is 5. The third kappa shape index (κ3) is 5.60. The minimum Gasteiger partial charge on any atom is -0.307 e. The standard InChI is InChI=1S/C58H39N5/c1-4-16-37(17-5-1)38-28-30-41(31-29-38)57-59-56(40-20-8-3-9-21-40)60-58(61-57)63-52-27-15-13-24-46(52)49-35-34-48-45-23-12-14-26-51(45)62(54(48)55(49)63)42-32-33-44-43-22-10-11-25-47(43)53(50(44)36-42)39-18-6-2-7-19-39/h1-36,43,47,53H/i1D,3D,4D,5D,8D,9D,12D,13D,14D,15D,16D,17D,20D,21D,23D,24D,26D,27D,28D,29D,30D,31D,34D,35D. The van der Waals surface area contributed by atoms with Gasteiger partial charge in [0, 0.05) is 50.2 Å². The first-order chi connectivity index (χ1) is 41.2. The van der Waals surface area contributed by atoms with Crippen LogP contribution in [0.25, 0.3) is 89.2 Å². The molecule has 63 heavy (non-hydrogen) atoms. The van der Waals surface area contributed by atoms with Gasteiger partial charge in [0.05, 0.1) is 55.0 Å². The summed E-state index contributed by atoms with van der Waals surface area (Å²) in [6.07, 6.45) is 8.12. The van der Waals surface area contributed by atoms with Crippen molar-refractivity contribution in [3.05, 3.63) is 235 Å². The van der Waals surface area contributed by atoms with Gasteiger partial charge in [-0.2, -0.15) is 9.97 Å². The Hall–Kier alpha value is -8.15. The first-order valence-corrected chi connectivity index (χ1v) is 19.8. The summed E-state index contributed by atoms with van der Waals surface area (Å²) in [4.78, 5) is 13.9. The summed E-state index contributed by atoms with van der Waals surface area (Å²) in [6.45, 7) is 0. The van der Waals surface area contributed by atoms with Crippen LogP contribution in [-0.2, 0) is 0 Å². The fourth-order valence-electron chi connectivity index (χ4n) is 9.04. The van der Waals surface area contributed by atoms with E-state index in [0.717, 1.165) is 21.3 Å². The van der Waals surface area contributed by atoms with E-state index in [1.807, 2.05) is 54.6 Å². The lowest BCUT2D eigenvalue weighted by molar-refractivity contribution is 0.567. The smallest absolute Gasteiger partial charge is 0.238 e. The molecule has 3 unspecified atom stereocenters. The van der Waals surface area contributed by atoms with Gasteiger partial charge < -0.3 is 4.57 Å². The van der Waals surface area contributed by atoms with Crippen molar-refractivity contribution in [2.75, 3.05) is 0 Å². The Morgan fingerprint density at radius 2 is 1.00 bits per heavy atom. The average Bonchev–Trinajstić information content (AvgIpc) is 1.53. The van der Waals surface area contributed by atoms with E-state index in [2.05, 4.69) is 22.1 Å². The molecule has 296 valence electrons. The van der Waals surface area contributed by atoms with E-state index >= 15 is 0 Å². The first kappa shape index (κ1) is 19.3. The highest BCUT2D eigenvalue weighted by Gasteiger charge is 2.40. The zero-order valence-electron chi connectivity index (χ0n) is 56.4. The van der Waals surface area contributed by atoms with Crippen molar-refractivity contribution in [2.24, 2.45) is 5.92 Å². The molecule has 11 aromatic rings. The molecule has 13 rings (SSSR count). The van der Waals surface area contributed by atoms with Gasteiger partial charge in [0.25, 0.3) is 0 Å². The lowest BCUT2D eigenvalue weighted by Gasteiger charge is -2.23. The van der Waals surface area contributed by atoms with Crippen LogP contribution in [0.2, 0.25) is 0 Å². The van der Waals surface area contributed by atoms with Crippen LogP contribution in [0.1, 0.15) is 61.4 Å². The molecule has 0 saturated heterocycles. The topological polar surface area (TPSA) is 48.5 Å². The second-order valence-electron chi connectivity index (χ2n) is 14.9. The van der Waals surface area contributed by atoms with Crippen molar-refractivity contribution < 1.29 is 32.9 Å². The molecule has 3 atom stereocenters. The molecule has 0 spiro atoms. The molecule has 0 aliphatic heterocycles. The number of fused-ring (bicyclic) bond motifs is 10. The van der Waals surface area contributed by atoms with Gasteiger partial charge in [-0.1, -0.05) is 194 Å². The van der Waals surface area contributed by atoms with Crippen LogP contribution in [0.5, 0.6) is 0 Å². The number of para-hydroxylation sites is 2. The van der Waals surface area contributed by atoms with Gasteiger partial charge in [0.1, 0.15) is 0 Å². The number of hydrogen-bond acceptors (Lipinski definition) is 3. The molecule has 0 bridgehead atoms. The van der Waals surface area contributed by atoms with Crippen molar-refractivity contribution >= 4 is 43.6 Å². The molecule has 0 saturated carbocycles. The van der Waals surface area contributed by atoms with E-state index in [1.165, 1.54) is 4.57 Å². The van der Waals surface area contributed by atoms with Crippen LogP contribution < -0.4 is 0 Å². The summed E-state index contributed by atoms with van der Waals surface area (Å²) < 4.78 is 220. The maximum atomic E-state index is 9.90. The Morgan fingerprint density at radius 3 is 1.70 bits per heavy atom. The van der Waals surface area contributed by atoms with Crippen molar-refractivity contribution in [1.82, 2.24) is 24.1 Å². The third-order valence-corrected chi connectivity index (χ3v) is 11.6. The Balaban J connectivity index is 1.25. The average molecular weight is 830 g/mol. The zero-order valence-corrected chi connectivity index (χ0v) is 32.4. The fourth-order valence-corrected chi connectivity index (χ4v) is 9.04. The number of aromatic nitrogens is 5. The molecule has 8 aromatic carbocycles. The predicted molar refractivity (Wildman–Crippen MR) is 258 cm³/mol. The lowest BCUT2D eigenvalue weighted by atomic mass is 9.80. The summed E-state index contributed by atoms with van der Waals surface area (Å²) in [6, 6.07) is -4.48. The molecule has 2 aliphatic carbocycles. The lowest BCUT2D eigenvalue weighted by Crippen LogP contribution is -2.11. The van der Waals surface area contributed by atoms with Gasteiger partial charge in [0.2, 0.25) is 5.95 Å². The molecule has 0 fully saturated rings. The van der Waals surface area contributed by atoms with E-state index in [0.29, 0.717) is 0 Å². The van der Waals surface area contributed by atoms with E-state index < -0.39 is 196 Å². The second-order valence-corrected chi connectivity index (χ2v) is 14.9. The molecule has 5 heteroatoms. The van der Waals surface area contributed by atoms with Gasteiger partial charge >= 0.3 is 0 Å². The largest absolute Gasteiger partial charge is 0.307 e. The van der Waals surface area contributed by atoms with Crippen molar-refractivity contribution in [3.63, 3.8) is 0 Å². The van der Waals surface area contributed by atoms with E-state index in [-0.39, 0.29) is 56.1 Å². The third-order valence-electron chi connectivity index (χ3n) is 11.6. The van der Waals surface area contributed by atoms with Crippen molar-refractivity contribution in [1.29, 1.82) is 0 Å². The fraction of sp³-hybridized carbons (Fsp3) is 0.0517. The maximum absolute atomic E-state index is 9.90. The van der Waals surface area contributed by atoms with E-state index in [1.54, 1.807) is 6.07 Å². The molecular formula is C58H39N5. The van der Waals surface area contributed by atoms with Crippen LogP contribution >= 0.6 is 0 Å². The molecule has 0 N–H and O–H groups in total. The monoisotopic (exact) mass is 829 g/mol. The van der Waals surface area contributed by atoms with E-state index in [4.69, 9.17) is 24.2 Å². The SMILES string of the molecule is [2H]c1c([2H])c([2H])c(-c2nc(-c3c([2H])c([2H])c(-c4c([2H])c([2H])c([2H])c([2H])c4[2H])c([2H])c3[2H])nc(-n3c4c([2H])c([2H])c([2H])c([2H])c4c4c([2H])c([2H])c5c6c([2H])c([2H])c([2H])c([2H])c6n(-c6ccc7c(c6)C(c6ccccc6)C6C=CC=CC76)c5c43)n2)c([2H])c1[2H]. The van der Waals surface area contributed by atoms with Gasteiger partial charge in [-0.25, -0.2) is 4.98 Å². The first-order valence-electron chi connectivity index (χ1n) is 31.8. The number of allylic oxidation sites excluding steroid dienone is 4. The van der Waals surface area contributed by atoms with Crippen molar-refractivity contribution in [2.45, 2.75) is 11.8 Å². The van der Waals surface area contributed by atoms with Crippen molar-refractivity contribution in [3.8, 4) is 45.5 Å². The summed E-state index contributed by atoms with van der Waals surface area (Å²) in [7, 11) is 0. The molecule has 3 heterocycles. The number of hydrogen-bond donors (Lipinski definition) is 0. The molecular weight excluding hydrogens is 767 g/mol. The predicted octanol–water partition coefficient (Wildman–Crippen LogP) is 14.0. The molecule has 0 radical (unpaired) electrons. The summed E-state index contributed by atoms with van der Waals surface area (Å²) in [5.41, 5.74) is -1.17. The molecule has 3 aromatic heterocycles. The second kappa shape index (κ2) is 14.2.